The van der Waals surface area contributed by atoms with Crippen molar-refractivity contribution < 1.29 is 9.53 Å². The van der Waals surface area contributed by atoms with Crippen molar-refractivity contribution in [1.29, 1.82) is 0 Å². The summed E-state index contributed by atoms with van der Waals surface area (Å²) < 4.78 is 4.89. The topological polar surface area (TPSA) is 26.3 Å². The lowest BCUT2D eigenvalue weighted by molar-refractivity contribution is -0.148. The number of hydrogen-bond acceptors (Lipinski definition) is 2. The zero-order chi connectivity index (χ0) is 12.0. The fraction of sp³-hybridized carbons (Fsp3) is 0.786. The summed E-state index contributed by atoms with van der Waals surface area (Å²) in [5.41, 5.74) is 1.26. The van der Waals surface area contributed by atoms with E-state index < -0.39 is 0 Å². The molecule has 0 aliphatic heterocycles. The zero-order valence-electron chi connectivity index (χ0n) is 10.6. The summed E-state index contributed by atoms with van der Waals surface area (Å²) in [5, 5.41) is 0. The summed E-state index contributed by atoms with van der Waals surface area (Å²) >= 11 is 0. The Labute approximate surface area is 99.1 Å². The normalized spacial score (nSPS) is 25.1. The van der Waals surface area contributed by atoms with E-state index in [0.717, 1.165) is 25.7 Å². The Morgan fingerprint density at radius 3 is 2.50 bits per heavy atom. The lowest BCUT2D eigenvalue weighted by atomic mass is 9.74. The predicted octanol–water partition coefficient (Wildman–Crippen LogP) is 3.71. The van der Waals surface area contributed by atoms with Crippen molar-refractivity contribution >= 4 is 5.97 Å². The number of ether oxygens (including phenoxy) is 1. The molecule has 1 aliphatic carbocycles. The molecule has 0 N–H and O–H groups in total. The van der Waals surface area contributed by atoms with Crippen LogP contribution in [0.25, 0.3) is 0 Å². The van der Waals surface area contributed by atoms with E-state index in [1.54, 1.807) is 0 Å². The first-order valence-electron chi connectivity index (χ1n) is 6.46. The second kappa shape index (κ2) is 6.72. The van der Waals surface area contributed by atoms with Crippen LogP contribution in [0.1, 0.15) is 51.9 Å². The first-order valence-corrected chi connectivity index (χ1v) is 6.46. The van der Waals surface area contributed by atoms with Gasteiger partial charge < -0.3 is 4.74 Å². The molecule has 0 bridgehead atoms. The lowest BCUT2D eigenvalue weighted by Crippen LogP contribution is -2.29. The molecule has 0 amide bonds. The summed E-state index contributed by atoms with van der Waals surface area (Å²) in [7, 11) is 1.49. The van der Waals surface area contributed by atoms with E-state index in [-0.39, 0.29) is 11.9 Å². The van der Waals surface area contributed by atoms with Crippen LogP contribution in [0, 0.1) is 11.8 Å². The molecule has 1 saturated carbocycles. The van der Waals surface area contributed by atoms with Gasteiger partial charge in [-0.25, -0.2) is 0 Å². The van der Waals surface area contributed by atoms with Gasteiger partial charge in [0.15, 0.2) is 0 Å². The number of allylic oxidation sites excluding steroid dienone is 1. The molecule has 2 unspecified atom stereocenters. The maximum absolute atomic E-state index is 11.7. The Bertz CT molecular complexity index is 245. The van der Waals surface area contributed by atoms with E-state index >= 15 is 0 Å². The first-order chi connectivity index (χ1) is 7.70. The number of esters is 1. The molecule has 1 fully saturated rings. The largest absolute Gasteiger partial charge is 0.469 e. The minimum Gasteiger partial charge on any atom is -0.469 e. The molecular weight excluding hydrogens is 200 g/mol. The van der Waals surface area contributed by atoms with E-state index in [0.29, 0.717) is 5.92 Å². The van der Waals surface area contributed by atoms with Crippen molar-refractivity contribution in [3.63, 3.8) is 0 Å². The summed E-state index contributed by atoms with van der Waals surface area (Å²) in [6.45, 7) is 6.36. The highest BCUT2D eigenvalue weighted by molar-refractivity contribution is 5.73. The third-order valence-electron chi connectivity index (χ3n) is 3.65. The highest BCUT2D eigenvalue weighted by atomic mass is 16.5. The van der Waals surface area contributed by atoms with E-state index in [1.165, 1.54) is 31.9 Å². The molecule has 0 aromatic carbocycles. The van der Waals surface area contributed by atoms with Crippen LogP contribution in [0.2, 0.25) is 0 Å². The van der Waals surface area contributed by atoms with Crippen LogP contribution in [-0.2, 0) is 9.53 Å². The molecule has 1 aliphatic rings. The van der Waals surface area contributed by atoms with Crippen LogP contribution in [0.15, 0.2) is 12.2 Å². The summed E-state index contributed by atoms with van der Waals surface area (Å²) in [6, 6.07) is 0. The highest BCUT2D eigenvalue weighted by Gasteiger charge is 2.32. The molecule has 2 nitrogen and oxygen atoms in total. The van der Waals surface area contributed by atoms with Gasteiger partial charge in [-0.2, -0.15) is 0 Å². The zero-order valence-corrected chi connectivity index (χ0v) is 10.6. The average Bonchev–Trinajstić information content (AvgIpc) is 2.35. The van der Waals surface area contributed by atoms with E-state index in [2.05, 4.69) is 13.5 Å². The highest BCUT2D eigenvalue weighted by Crippen LogP contribution is 2.36. The number of carbonyl (C=O) groups is 1. The van der Waals surface area contributed by atoms with Gasteiger partial charge in [0.05, 0.1) is 13.0 Å². The van der Waals surface area contributed by atoms with E-state index in [1.807, 2.05) is 0 Å². The number of methoxy groups -OCH3 is 1. The van der Waals surface area contributed by atoms with Crippen molar-refractivity contribution in [2.24, 2.45) is 11.8 Å². The molecule has 2 heteroatoms. The fourth-order valence-corrected chi connectivity index (χ4v) is 2.64. The number of unbranched alkanes of at least 4 members (excludes halogenated alkanes) is 1. The summed E-state index contributed by atoms with van der Waals surface area (Å²) in [5.74, 6) is 0.401. The van der Waals surface area contributed by atoms with Crippen LogP contribution < -0.4 is 0 Å². The Morgan fingerprint density at radius 1 is 1.31 bits per heavy atom. The molecule has 2 atom stereocenters. The molecule has 0 saturated heterocycles. The second-order valence-electron chi connectivity index (χ2n) is 4.78. The SMILES string of the molecule is C=C(CCCC)C1CCCCC1C(=O)OC. The standard InChI is InChI=1S/C14H24O2/c1-4-5-8-11(2)12-9-6-7-10-13(12)14(15)16-3/h12-13H,2,4-10H2,1,3H3. The van der Waals surface area contributed by atoms with Crippen molar-refractivity contribution in [3.05, 3.63) is 12.2 Å². The van der Waals surface area contributed by atoms with E-state index in [4.69, 9.17) is 4.74 Å². The van der Waals surface area contributed by atoms with Crippen LogP contribution in [0.5, 0.6) is 0 Å². The van der Waals surface area contributed by atoms with Crippen LogP contribution in [0.4, 0.5) is 0 Å². The van der Waals surface area contributed by atoms with Crippen LogP contribution in [-0.4, -0.2) is 13.1 Å². The van der Waals surface area contributed by atoms with Gasteiger partial charge in [0, 0.05) is 0 Å². The molecule has 1 rings (SSSR count). The van der Waals surface area contributed by atoms with E-state index in [9.17, 15) is 4.79 Å². The minimum absolute atomic E-state index is 0.0395. The van der Waals surface area contributed by atoms with Gasteiger partial charge in [-0.3, -0.25) is 4.79 Å². The predicted molar refractivity (Wildman–Crippen MR) is 66.1 cm³/mol. The van der Waals surface area contributed by atoms with Crippen LogP contribution in [0.3, 0.4) is 0 Å². The Balaban J connectivity index is 2.59. The number of carbonyl (C=O) groups excluding carboxylic acids is 1. The monoisotopic (exact) mass is 224 g/mol. The van der Waals surface area contributed by atoms with Crippen molar-refractivity contribution in [1.82, 2.24) is 0 Å². The Hall–Kier alpha value is -0.790. The average molecular weight is 224 g/mol. The van der Waals surface area contributed by atoms with Gasteiger partial charge in [0.1, 0.15) is 0 Å². The molecule has 0 spiro atoms. The molecule has 0 heterocycles. The van der Waals surface area contributed by atoms with Gasteiger partial charge in [0.2, 0.25) is 0 Å². The number of hydrogen-bond donors (Lipinski definition) is 0. The van der Waals surface area contributed by atoms with Crippen molar-refractivity contribution in [2.75, 3.05) is 7.11 Å². The summed E-state index contributed by atoms with van der Waals surface area (Å²) in [4.78, 5) is 11.7. The maximum Gasteiger partial charge on any atom is 0.309 e. The van der Waals surface area contributed by atoms with Gasteiger partial charge in [-0.05, 0) is 31.6 Å². The first kappa shape index (κ1) is 13.3. The molecule has 0 aromatic heterocycles. The smallest absolute Gasteiger partial charge is 0.309 e. The summed E-state index contributed by atoms with van der Waals surface area (Å²) in [6.07, 6.45) is 7.90. The molecule has 16 heavy (non-hydrogen) atoms. The quantitative estimate of drug-likeness (QED) is 0.525. The molecule has 0 radical (unpaired) electrons. The van der Waals surface area contributed by atoms with Crippen molar-refractivity contribution in [2.45, 2.75) is 51.9 Å². The van der Waals surface area contributed by atoms with Gasteiger partial charge in [0.25, 0.3) is 0 Å². The Morgan fingerprint density at radius 2 is 1.94 bits per heavy atom. The third kappa shape index (κ3) is 3.36. The van der Waals surface area contributed by atoms with Gasteiger partial charge in [-0.15, -0.1) is 0 Å². The lowest BCUT2D eigenvalue weighted by Gasteiger charge is -2.31. The molecular formula is C14H24O2. The maximum atomic E-state index is 11.7. The third-order valence-corrected chi connectivity index (χ3v) is 3.65. The van der Waals surface area contributed by atoms with Gasteiger partial charge >= 0.3 is 5.97 Å². The molecule has 92 valence electrons. The fourth-order valence-electron chi connectivity index (χ4n) is 2.64. The van der Waals surface area contributed by atoms with Gasteiger partial charge in [-0.1, -0.05) is 38.3 Å². The molecule has 0 aromatic rings. The Kier molecular flexibility index (Phi) is 5.58. The second-order valence-corrected chi connectivity index (χ2v) is 4.78. The van der Waals surface area contributed by atoms with Crippen molar-refractivity contribution in [3.8, 4) is 0 Å². The minimum atomic E-state index is -0.0395. The number of rotatable bonds is 5. The van der Waals surface area contributed by atoms with Crippen LogP contribution >= 0.6 is 0 Å².